The molecule has 0 saturated carbocycles. The predicted octanol–water partition coefficient (Wildman–Crippen LogP) is 4.27. The van der Waals surface area contributed by atoms with Crippen molar-refractivity contribution in [3.63, 3.8) is 0 Å². The lowest BCUT2D eigenvalue weighted by atomic mass is 10.1. The lowest BCUT2D eigenvalue weighted by Crippen LogP contribution is -2.30. The lowest BCUT2D eigenvalue weighted by Gasteiger charge is -2.24. The molecule has 0 fully saturated rings. The Labute approximate surface area is 137 Å². The first-order valence-electron chi connectivity index (χ1n) is 7.09. The second-order valence-electron chi connectivity index (χ2n) is 5.60. The van der Waals surface area contributed by atoms with E-state index in [0.29, 0.717) is 10.2 Å². The number of nitrogens with zero attached hydrogens (tertiary/aromatic N) is 2. The van der Waals surface area contributed by atoms with Gasteiger partial charge in [-0.25, -0.2) is 4.39 Å². The van der Waals surface area contributed by atoms with Crippen LogP contribution >= 0.6 is 15.9 Å². The number of aromatic amines is 1. The molecule has 1 heterocycles. The van der Waals surface area contributed by atoms with Crippen LogP contribution in [-0.4, -0.2) is 28.1 Å². The van der Waals surface area contributed by atoms with Gasteiger partial charge in [-0.05, 0) is 46.5 Å². The molecule has 1 N–H and O–H groups in total. The molecule has 22 heavy (non-hydrogen) atoms. The third-order valence-electron chi connectivity index (χ3n) is 3.77. The predicted molar refractivity (Wildman–Crippen MR) is 87.3 cm³/mol. The van der Waals surface area contributed by atoms with Crippen molar-refractivity contribution >= 4 is 21.8 Å². The molecular weight excluding hydrogens is 349 g/mol. The maximum Gasteiger partial charge on any atom is 0.275 e. The van der Waals surface area contributed by atoms with Crippen molar-refractivity contribution in [3.05, 3.63) is 51.5 Å². The van der Waals surface area contributed by atoms with Crippen LogP contribution in [0.1, 0.15) is 54.5 Å². The van der Waals surface area contributed by atoms with Gasteiger partial charge in [-0.1, -0.05) is 26.0 Å². The van der Waals surface area contributed by atoms with Crippen LogP contribution in [0.3, 0.4) is 0 Å². The summed E-state index contributed by atoms with van der Waals surface area (Å²) in [6, 6.07) is 5.97. The van der Waals surface area contributed by atoms with Crippen LogP contribution in [0.15, 0.2) is 28.7 Å². The molecule has 1 atom stereocenters. The fourth-order valence-electron chi connectivity index (χ4n) is 2.17. The number of hydrogen-bond donors (Lipinski definition) is 1. The molecule has 2 rings (SSSR count). The van der Waals surface area contributed by atoms with Gasteiger partial charge in [0.25, 0.3) is 5.91 Å². The summed E-state index contributed by atoms with van der Waals surface area (Å²) in [5, 5.41) is 7.03. The number of hydrogen-bond acceptors (Lipinski definition) is 2. The largest absolute Gasteiger partial charge is 0.334 e. The Balaban J connectivity index is 2.23. The van der Waals surface area contributed by atoms with Gasteiger partial charge >= 0.3 is 0 Å². The Bertz CT molecular complexity index is 667. The molecule has 1 amide bonds. The summed E-state index contributed by atoms with van der Waals surface area (Å²) in [6.07, 6.45) is 0. The van der Waals surface area contributed by atoms with E-state index in [1.165, 1.54) is 12.1 Å². The maximum atomic E-state index is 13.0. The van der Waals surface area contributed by atoms with E-state index >= 15 is 0 Å². The topological polar surface area (TPSA) is 49.0 Å². The second kappa shape index (κ2) is 6.60. The van der Waals surface area contributed by atoms with Crippen LogP contribution in [0.2, 0.25) is 0 Å². The first-order chi connectivity index (χ1) is 10.3. The minimum absolute atomic E-state index is 0.181. The van der Waals surface area contributed by atoms with Gasteiger partial charge in [0.05, 0.1) is 16.2 Å². The monoisotopic (exact) mass is 367 g/mol. The maximum absolute atomic E-state index is 13.0. The molecule has 0 aliphatic rings. The quantitative estimate of drug-likeness (QED) is 0.876. The highest BCUT2D eigenvalue weighted by atomic mass is 79.9. The average molecular weight is 368 g/mol. The van der Waals surface area contributed by atoms with Crippen LogP contribution in [0.25, 0.3) is 0 Å². The molecule has 1 aromatic carbocycles. The summed E-state index contributed by atoms with van der Waals surface area (Å²) in [5.41, 5.74) is 2.12. The van der Waals surface area contributed by atoms with Crippen LogP contribution in [0, 0.1) is 5.82 Å². The molecule has 4 nitrogen and oxygen atoms in total. The Kier molecular flexibility index (Phi) is 5.01. The molecule has 0 bridgehead atoms. The van der Waals surface area contributed by atoms with Gasteiger partial charge in [-0.2, -0.15) is 5.10 Å². The summed E-state index contributed by atoms with van der Waals surface area (Å²) in [4.78, 5) is 14.2. The number of carbonyl (C=O) groups excluding carboxylic acids is 1. The molecular formula is C16H19BrFN3O. The molecule has 1 unspecified atom stereocenters. The van der Waals surface area contributed by atoms with Gasteiger partial charge in [-0.3, -0.25) is 9.89 Å². The van der Waals surface area contributed by atoms with Crippen LogP contribution < -0.4 is 0 Å². The van der Waals surface area contributed by atoms with E-state index in [9.17, 15) is 9.18 Å². The van der Waals surface area contributed by atoms with E-state index in [4.69, 9.17) is 0 Å². The number of aromatic nitrogens is 2. The summed E-state index contributed by atoms with van der Waals surface area (Å²) >= 11 is 3.44. The lowest BCUT2D eigenvalue weighted by molar-refractivity contribution is 0.0735. The SMILES string of the molecule is CC(C)c1[nH]nc(C(=O)N(C)C(C)c2ccc(F)cc2)c1Br. The first kappa shape index (κ1) is 16.7. The van der Waals surface area contributed by atoms with E-state index in [2.05, 4.69) is 26.1 Å². The van der Waals surface area contributed by atoms with Gasteiger partial charge in [0.2, 0.25) is 0 Å². The highest BCUT2D eigenvalue weighted by Gasteiger charge is 2.25. The minimum Gasteiger partial charge on any atom is -0.334 e. The van der Waals surface area contributed by atoms with Gasteiger partial charge in [-0.15, -0.1) is 0 Å². The summed E-state index contributed by atoms with van der Waals surface area (Å²) in [6.45, 7) is 5.95. The molecule has 0 aliphatic heterocycles. The molecule has 0 aliphatic carbocycles. The van der Waals surface area contributed by atoms with E-state index < -0.39 is 0 Å². The Morgan fingerprint density at radius 3 is 2.36 bits per heavy atom. The number of nitrogens with one attached hydrogen (secondary N) is 1. The highest BCUT2D eigenvalue weighted by Crippen LogP contribution is 2.28. The first-order valence-corrected chi connectivity index (χ1v) is 7.88. The van der Waals surface area contributed by atoms with Crippen LogP contribution in [-0.2, 0) is 0 Å². The zero-order valence-corrected chi connectivity index (χ0v) is 14.6. The molecule has 2 aromatic rings. The van der Waals surface area contributed by atoms with E-state index in [1.54, 1.807) is 24.1 Å². The van der Waals surface area contributed by atoms with Gasteiger partial charge in [0, 0.05) is 7.05 Å². The summed E-state index contributed by atoms with van der Waals surface area (Å²) in [5.74, 6) is -0.239. The number of H-pyrrole nitrogens is 1. The number of rotatable bonds is 4. The van der Waals surface area contributed by atoms with E-state index in [-0.39, 0.29) is 23.7 Å². The van der Waals surface area contributed by atoms with Crippen molar-refractivity contribution in [2.24, 2.45) is 0 Å². The van der Waals surface area contributed by atoms with E-state index in [1.807, 2.05) is 20.8 Å². The summed E-state index contributed by atoms with van der Waals surface area (Å²) in [7, 11) is 1.71. The summed E-state index contributed by atoms with van der Waals surface area (Å²) < 4.78 is 13.7. The number of benzene rings is 1. The number of halogens is 2. The third-order valence-corrected chi connectivity index (χ3v) is 4.57. The zero-order valence-electron chi connectivity index (χ0n) is 13.0. The Morgan fingerprint density at radius 2 is 1.86 bits per heavy atom. The average Bonchev–Trinajstić information content (AvgIpc) is 2.87. The molecule has 6 heteroatoms. The van der Waals surface area contributed by atoms with Crippen molar-refractivity contribution in [3.8, 4) is 0 Å². The molecule has 1 aromatic heterocycles. The van der Waals surface area contributed by atoms with Gasteiger partial charge < -0.3 is 4.90 Å². The van der Waals surface area contributed by atoms with Crippen LogP contribution in [0.4, 0.5) is 4.39 Å². The van der Waals surface area contributed by atoms with Crippen molar-refractivity contribution in [1.29, 1.82) is 0 Å². The fraction of sp³-hybridized carbons (Fsp3) is 0.375. The standard InChI is InChI=1S/C16H19BrFN3O/c1-9(2)14-13(17)15(20-19-14)16(22)21(4)10(3)11-5-7-12(18)8-6-11/h5-10H,1-4H3,(H,19,20). The fourth-order valence-corrected chi connectivity index (χ4v) is 2.98. The van der Waals surface area contributed by atoms with Gasteiger partial charge in [0.1, 0.15) is 5.82 Å². The molecule has 0 radical (unpaired) electrons. The van der Waals surface area contributed by atoms with Crippen molar-refractivity contribution in [2.45, 2.75) is 32.7 Å². The molecule has 0 saturated heterocycles. The number of carbonyl (C=O) groups is 1. The zero-order chi connectivity index (χ0) is 16.4. The highest BCUT2D eigenvalue weighted by molar-refractivity contribution is 9.10. The van der Waals surface area contributed by atoms with Crippen molar-refractivity contribution in [2.75, 3.05) is 7.05 Å². The second-order valence-corrected chi connectivity index (χ2v) is 6.39. The van der Waals surface area contributed by atoms with Gasteiger partial charge in [0.15, 0.2) is 5.69 Å². The molecule has 118 valence electrons. The minimum atomic E-state index is -0.290. The third kappa shape index (κ3) is 3.21. The van der Waals surface area contributed by atoms with Crippen molar-refractivity contribution < 1.29 is 9.18 Å². The van der Waals surface area contributed by atoms with E-state index in [0.717, 1.165) is 11.3 Å². The normalized spacial score (nSPS) is 12.5. The Hall–Kier alpha value is -1.69. The molecule has 0 spiro atoms. The van der Waals surface area contributed by atoms with Crippen molar-refractivity contribution in [1.82, 2.24) is 15.1 Å². The smallest absolute Gasteiger partial charge is 0.275 e. The number of amides is 1. The van der Waals surface area contributed by atoms with Crippen LogP contribution in [0.5, 0.6) is 0 Å². The Morgan fingerprint density at radius 1 is 1.27 bits per heavy atom.